The highest BCUT2D eigenvalue weighted by Crippen LogP contribution is 2.36. The van der Waals surface area contributed by atoms with Crippen molar-refractivity contribution < 1.29 is 23.8 Å². The van der Waals surface area contributed by atoms with Crippen LogP contribution in [0, 0.1) is 5.82 Å². The zero-order chi connectivity index (χ0) is 20.3. The van der Waals surface area contributed by atoms with Crippen molar-refractivity contribution in [2.45, 2.75) is 19.8 Å². The molecule has 0 saturated carbocycles. The van der Waals surface area contributed by atoms with Crippen LogP contribution in [0.4, 0.5) is 4.39 Å². The van der Waals surface area contributed by atoms with Crippen molar-refractivity contribution in [3.8, 4) is 16.9 Å². The Labute approximate surface area is 169 Å². The molecule has 1 heterocycles. The monoisotopic (exact) mass is 445 g/mol. The van der Waals surface area contributed by atoms with E-state index >= 15 is 0 Å². The van der Waals surface area contributed by atoms with Crippen molar-refractivity contribution in [3.63, 3.8) is 0 Å². The Kier molecular flexibility index (Phi) is 6.04. The van der Waals surface area contributed by atoms with Gasteiger partial charge in [-0.05, 0) is 52.2 Å². The maximum Gasteiger partial charge on any atom is 0.306 e. The molecule has 5 nitrogen and oxygen atoms in total. The molecular formula is C21H17BrFNO4. The fourth-order valence-corrected chi connectivity index (χ4v) is 3.35. The lowest BCUT2D eigenvalue weighted by molar-refractivity contribution is -0.143. The zero-order valence-corrected chi connectivity index (χ0v) is 16.6. The Balaban J connectivity index is 1.98. The van der Waals surface area contributed by atoms with Crippen molar-refractivity contribution in [3.05, 3.63) is 58.4 Å². The second-order valence-electron chi connectivity index (χ2n) is 6.09. The highest BCUT2D eigenvalue weighted by atomic mass is 79.9. The Morgan fingerprint density at radius 1 is 1.14 bits per heavy atom. The van der Waals surface area contributed by atoms with E-state index in [1.54, 1.807) is 37.3 Å². The molecule has 0 atom stereocenters. The molecule has 0 amide bonds. The molecule has 0 aliphatic heterocycles. The maximum atomic E-state index is 13.5. The third-order valence-electron chi connectivity index (χ3n) is 4.18. The molecule has 0 aliphatic rings. The zero-order valence-electron chi connectivity index (χ0n) is 15.0. The number of hydrogen-bond acceptors (Lipinski definition) is 5. The van der Waals surface area contributed by atoms with Crippen LogP contribution in [-0.2, 0) is 9.53 Å². The number of halogens is 2. The van der Waals surface area contributed by atoms with Gasteiger partial charge in [0, 0.05) is 11.8 Å². The van der Waals surface area contributed by atoms with Crippen LogP contribution in [0.3, 0.4) is 0 Å². The SMILES string of the molecule is CCOC(=O)CCC(=O)c1nc2cc(-c3cccc(F)c3)ccc2c(Br)c1O. The molecule has 0 radical (unpaired) electrons. The number of hydrogen-bond donors (Lipinski definition) is 1. The predicted octanol–water partition coefficient (Wildman–Crippen LogP) is 5.04. The van der Waals surface area contributed by atoms with E-state index in [0.717, 1.165) is 5.56 Å². The van der Waals surface area contributed by atoms with Gasteiger partial charge in [-0.3, -0.25) is 9.59 Å². The molecule has 0 saturated heterocycles. The minimum Gasteiger partial charge on any atom is -0.504 e. The molecule has 7 heteroatoms. The number of esters is 1. The number of nitrogens with zero attached hydrogens (tertiary/aromatic N) is 1. The van der Waals surface area contributed by atoms with Gasteiger partial charge in [0.15, 0.2) is 11.5 Å². The Morgan fingerprint density at radius 3 is 2.61 bits per heavy atom. The second kappa shape index (κ2) is 8.48. The van der Waals surface area contributed by atoms with Crippen LogP contribution < -0.4 is 0 Å². The number of Topliss-reactive ketones (excluding diaryl/α,β-unsaturated/α-hetero) is 1. The fraction of sp³-hybridized carbons (Fsp3) is 0.190. The predicted molar refractivity (Wildman–Crippen MR) is 107 cm³/mol. The number of aromatic nitrogens is 1. The molecule has 0 spiro atoms. The number of carbonyl (C=O) groups excluding carboxylic acids is 2. The van der Waals surface area contributed by atoms with E-state index in [0.29, 0.717) is 20.9 Å². The van der Waals surface area contributed by atoms with Gasteiger partial charge in [-0.25, -0.2) is 9.37 Å². The topological polar surface area (TPSA) is 76.5 Å². The van der Waals surface area contributed by atoms with Crippen LogP contribution in [0.15, 0.2) is 46.9 Å². The van der Waals surface area contributed by atoms with E-state index in [9.17, 15) is 19.1 Å². The van der Waals surface area contributed by atoms with Crippen LogP contribution >= 0.6 is 15.9 Å². The lowest BCUT2D eigenvalue weighted by atomic mass is 10.0. The summed E-state index contributed by atoms with van der Waals surface area (Å²) in [7, 11) is 0. The van der Waals surface area contributed by atoms with Gasteiger partial charge in [-0.2, -0.15) is 0 Å². The van der Waals surface area contributed by atoms with Gasteiger partial charge >= 0.3 is 5.97 Å². The second-order valence-corrected chi connectivity index (χ2v) is 6.89. The number of benzene rings is 2. The third kappa shape index (κ3) is 4.20. The van der Waals surface area contributed by atoms with Crippen LogP contribution in [0.1, 0.15) is 30.3 Å². The number of fused-ring (bicyclic) bond motifs is 1. The highest BCUT2D eigenvalue weighted by molar-refractivity contribution is 9.10. The smallest absolute Gasteiger partial charge is 0.306 e. The Hall–Kier alpha value is -2.80. The molecule has 0 aliphatic carbocycles. The molecule has 0 fully saturated rings. The van der Waals surface area contributed by atoms with E-state index in [4.69, 9.17) is 4.74 Å². The van der Waals surface area contributed by atoms with Crippen LogP contribution in [-0.4, -0.2) is 28.4 Å². The van der Waals surface area contributed by atoms with Gasteiger partial charge in [0.05, 0.1) is 23.0 Å². The van der Waals surface area contributed by atoms with Crippen LogP contribution in [0.2, 0.25) is 0 Å². The van der Waals surface area contributed by atoms with E-state index < -0.39 is 11.8 Å². The van der Waals surface area contributed by atoms with Crippen molar-refractivity contribution >= 4 is 38.6 Å². The summed E-state index contributed by atoms with van der Waals surface area (Å²) in [5.74, 6) is -1.58. The molecular weight excluding hydrogens is 429 g/mol. The van der Waals surface area contributed by atoms with Gasteiger partial charge < -0.3 is 9.84 Å². The molecule has 3 aromatic rings. The summed E-state index contributed by atoms with van der Waals surface area (Å²) in [6, 6.07) is 11.4. The van der Waals surface area contributed by atoms with E-state index in [2.05, 4.69) is 20.9 Å². The largest absolute Gasteiger partial charge is 0.504 e. The number of rotatable bonds is 6. The van der Waals surface area contributed by atoms with Crippen molar-refractivity contribution in [2.75, 3.05) is 6.61 Å². The fourth-order valence-electron chi connectivity index (χ4n) is 2.82. The van der Waals surface area contributed by atoms with E-state index in [1.165, 1.54) is 12.1 Å². The minimum absolute atomic E-state index is 0.0905. The Morgan fingerprint density at radius 2 is 1.89 bits per heavy atom. The van der Waals surface area contributed by atoms with Crippen LogP contribution in [0.5, 0.6) is 5.75 Å². The summed E-state index contributed by atoms with van der Waals surface area (Å²) in [5.41, 5.74) is 1.73. The number of ketones is 1. The van der Waals surface area contributed by atoms with E-state index in [1.807, 2.05) is 0 Å². The standard InChI is InChI=1S/C21H17BrFNO4/c1-2-28-18(26)9-8-17(25)20-21(27)19(22)15-7-6-13(11-16(15)24-20)12-4-3-5-14(23)10-12/h3-7,10-11,27H,2,8-9H2,1H3. The number of pyridine rings is 1. The average Bonchev–Trinajstić information content (AvgIpc) is 2.68. The summed E-state index contributed by atoms with van der Waals surface area (Å²) in [6.07, 6.45) is -0.215. The van der Waals surface area contributed by atoms with Gasteiger partial charge in [-0.1, -0.05) is 24.3 Å². The van der Waals surface area contributed by atoms with Gasteiger partial charge in [0.25, 0.3) is 0 Å². The molecule has 1 aromatic heterocycles. The van der Waals surface area contributed by atoms with Gasteiger partial charge in [0.2, 0.25) is 0 Å². The molecule has 144 valence electrons. The maximum absolute atomic E-state index is 13.5. The third-order valence-corrected chi connectivity index (χ3v) is 4.98. The first-order valence-electron chi connectivity index (χ1n) is 8.67. The van der Waals surface area contributed by atoms with Crippen molar-refractivity contribution in [2.24, 2.45) is 0 Å². The molecule has 1 N–H and O–H groups in total. The quantitative estimate of drug-likeness (QED) is 0.425. The molecule has 2 aromatic carbocycles. The Bertz CT molecular complexity index is 1070. The summed E-state index contributed by atoms with van der Waals surface area (Å²) in [5, 5.41) is 11.0. The lowest BCUT2D eigenvalue weighted by Crippen LogP contribution is -2.09. The summed E-state index contributed by atoms with van der Waals surface area (Å²) >= 11 is 3.30. The summed E-state index contributed by atoms with van der Waals surface area (Å²) in [4.78, 5) is 28.2. The van der Waals surface area contributed by atoms with Gasteiger partial charge in [-0.15, -0.1) is 0 Å². The molecule has 28 heavy (non-hydrogen) atoms. The van der Waals surface area contributed by atoms with E-state index in [-0.39, 0.29) is 36.7 Å². The first-order chi connectivity index (χ1) is 13.4. The lowest BCUT2D eigenvalue weighted by Gasteiger charge is -2.10. The average molecular weight is 446 g/mol. The summed E-state index contributed by atoms with van der Waals surface area (Å²) in [6.45, 7) is 1.92. The first-order valence-corrected chi connectivity index (χ1v) is 9.47. The van der Waals surface area contributed by atoms with Crippen LogP contribution in [0.25, 0.3) is 22.0 Å². The molecule has 0 unspecified atom stereocenters. The molecule has 0 bridgehead atoms. The number of ether oxygens (including phenoxy) is 1. The first kappa shape index (κ1) is 19.9. The van der Waals surface area contributed by atoms with Crippen molar-refractivity contribution in [1.82, 2.24) is 4.98 Å². The number of carbonyl (C=O) groups is 2. The highest BCUT2D eigenvalue weighted by Gasteiger charge is 2.20. The molecule has 3 rings (SSSR count). The van der Waals surface area contributed by atoms with Gasteiger partial charge in [0.1, 0.15) is 11.5 Å². The minimum atomic E-state index is -0.483. The summed E-state index contributed by atoms with van der Waals surface area (Å²) < 4.78 is 18.7. The number of aromatic hydroxyl groups is 1. The normalized spacial score (nSPS) is 10.8. The van der Waals surface area contributed by atoms with Crippen molar-refractivity contribution in [1.29, 1.82) is 0 Å².